The van der Waals surface area contributed by atoms with Crippen LogP contribution in [0.15, 0.2) is 0 Å². The number of carbonyl (C=O) groups excluding carboxylic acids is 1. The minimum Gasteiger partial charge on any atom is -0.481 e. The summed E-state index contributed by atoms with van der Waals surface area (Å²) in [7, 11) is 0. The Balaban J connectivity index is 2.52. The van der Waals surface area contributed by atoms with E-state index in [4.69, 9.17) is 4.74 Å². The zero-order chi connectivity index (χ0) is 25.9. The van der Waals surface area contributed by atoms with E-state index >= 15 is 0 Å². The van der Waals surface area contributed by atoms with E-state index < -0.39 is 5.97 Å². The van der Waals surface area contributed by atoms with E-state index in [1.807, 2.05) is 0 Å². The van der Waals surface area contributed by atoms with Gasteiger partial charge in [-0.3, -0.25) is 9.59 Å². The van der Waals surface area contributed by atoms with Crippen molar-refractivity contribution in [3.63, 3.8) is 0 Å². The Labute approximate surface area is 217 Å². The minimum atomic E-state index is -0.762. The van der Waals surface area contributed by atoms with Crippen LogP contribution in [-0.2, 0) is 14.3 Å². The first-order chi connectivity index (χ1) is 16.9. The lowest BCUT2D eigenvalue weighted by molar-refractivity contribution is -0.160. The van der Waals surface area contributed by atoms with E-state index in [-0.39, 0.29) is 23.9 Å². The van der Waals surface area contributed by atoms with Gasteiger partial charge in [0.2, 0.25) is 0 Å². The second kappa shape index (κ2) is 20.0. The molecule has 4 nitrogen and oxygen atoms in total. The lowest BCUT2D eigenvalue weighted by Gasteiger charge is -2.31. The van der Waals surface area contributed by atoms with E-state index in [0.717, 1.165) is 50.9 Å². The maximum absolute atomic E-state index is 13.1. The molecule has 0 amide bonds. The third kappa shape index (κ3) is 14.9. The Hall–Kier alpha value is -1.06. The van der Waals surface area contributed by atoms with Crippen LogP contribution in [0.5, 0.6) is 0 Å². The fourth-order valence-corrected chi connectivity index (χ4v) is 5.77. The van der Waals surface area contributed by atoms with Crippen LogP contribution < -0.4 is 0 Å². The molecule has 1 aliphatic carbocycles. The largest absolute Gasteiger partial charge is 0.481 e. The maximum atomic E-state index is 13.1. The zero-order valence-corrected chi connectivity index (χ0v) is 23.7. The fourth-order valence-electron chi connectivity index (χ4n) is 5.77. The molecular formula is C31H58O4. The van der Waals surface area contributed by atoms with Crippen LogP contribution in [0.25, 0.3) is 0 Å². The van der Waals surface area contributed by atoms with Gasteiger partial charge in [-0.1, -0.05) is 111 Å². The molecule has 1 fully saturated rings. The number of carbonyl (C=O) groups is 2. The lowest BCUT2D eigenvalue weighted by atomic mass is 9.81. The normalized spacial score (nSPS) is 20.0. The highest BCUT2D eigenvalue weighted by molar-refractivity contribution is 5.75. The number of hydrogen-bond acceptors (Lipinski definition) is 3. The summed E-state index contributed by atoms with van der Waals surface area (Å²) < 4.78 is 6.22. The topological polar surface area (TPSA) is 63.6 Å². The first-order valence-corrected chi connectivity index (χ1v) is 15.3. The van der Waals surface area contributed by atoms with Gasteiger partial charge in [-0.05, 0) is 56.8 Å². The number of hydrogen-bond donors (Lipinski definition) is 1. The molecule has 35 heavy (non-hydrogen) atoms. The second-order valence-electron chi connectivity index (χ2n) is 11.7. The molecule has 0 aliphatic heterocycles. The third-order valence-corrected chi connectivity index (χ3v) is 8.01. The number of aliphatic carboxylic acids is 1. The van der Waals surface area contributed by atoms with Crippen molar-refractivity contribution in [2.75, 3.05) is 0 Å². The van der Waals surface area contributed by atoms with Crippen molar-refractivity contribution in [2.24, 2.45) is 23.7 Å². The summed E-state index contributed by atoms with van der Waals surface area (Å²) in [6, 6.07) is 0. The van der Waals surface area contributed by atoms with Crippen molar-refractivity contribution in [3.05, 3.63) is 0 Å². The molecule has 4 atom stereocenters. The number of ether oxygens (including phenoxy) is 1. The van der Waals surface area contributed by atoms with Gasteiger partial charge in [-0.15, -0.1) is 0 Å². The summed E-state index contributed by atoms with van der Waals surface area (Å²) >= 11 is 0. The molecule has 4 heteroatoms. The van der Waals surface area contributed by atoms with Crippen molar-refractivity contribution >= 4 is 11.9 Å². The van der Waals surface area contributed by atoms with E-state index in [9.17, 15) is 14.7 Å². The molecule has 0 bridgehead atoms. The van der Waals surface area contributed by atoms with Gasteiger partial charge in [-0.25, -0.2) is 0 Å². The predicted molar refractivity (Wildman–Crippen MR) is 147 cm³/mol. The highest BCUT2D eigenvalue weighted by atomic mass is 16.5. The SMILES string of the molecule is CCCCCC(CCC)C(CCCCCCCCCCC(C)C)OC(=O)C1CCCC(C(=O)O)C1. The van der Waals surface area contributed by atoms with Crippen molar-refractivity contribution in [1.29, 1.82) is 0 Å². The van der Waals surface area contributed by atoms with Crippen molar-refractivity contribution in [2.45, 2.75) is 162 Å². The number of esters is 1. The predicted octanol–water partition coefficient (Wildman–Crippen LogP) is 9.34. The van der Waals surface area contributed by atoms with Crippen LogP contribution in [0.2, 0.25) is 0 Å². The van der Waals surface area contributed by atoms with Crippen LogP contribution >= 0.6 is 0 Å². The average Bonchev–Trinajstić information content (AvgIpc) is 2.83. The first kappa shape index (κ1) is 32.0. The molecule has 0 spiro atoms. The Bertz CT molecular complexity index is 544. The number of rotatable bonds is 21. The highest BCUT2D eigenvalue weighted by Gasteiger charge is 2.34. The zero-order valence-electron chi connectivity index (χ0n) is 23.7. The van der Waals surface area contributed by atoms with Gasteiger partial charge in [-0.2, -0.15) is 0 Å². The molecule has 1 rings (SSSR count). The molecule has 0 aromatic heterocycles. The Morgan fingerprint density at radius 3 is 1.89 bits per heavy atom. The molecule has 0 aromatic rings. The summed E-state index contributed by atoms with van der Waals surface area (Å²) in [6.45, 7) is 9.08. The molecule has 0 aromatic carbocycles. The molecule has 0 radical (unpaired) electrons. The number of unbranched alkanes of at least 4 members (excludes halogenated alkanes) is 9. The van der Waals surface area contributed by atoms with Gasteiger partial charge in [0, 0.05) is 0 Å². The smallest absolute Gasteiger partial charge is 0.309 e. The second-order valence-corrected chi connectivity index (χ2v) is 11.7. The molecule has 1 N–H and O–H groups in total. The van der Waals surface area contributed by atoms with Crippen molar-refractivity contribution < 1.29 is 19.4 Å². The van der Waals surface area contributed by atoms with Crippen LogP contribution in [0.3, 0.4) is 0 Å². The monoisotopic (exact) mass is 494 g/mol. The van der Waals surface area contributed by atoms with Gasteiger partial charge in [0.25, 0.3) is 0 Å². The quantitative estimate of drug-likeness (QED) is 0.127. The molecule has 0 heterocycles. The maximum Gasteiger partial charge on any atom is 0.309 e. The van der Waals surface area contributed by atoms with Gasteiger partial charge in [0.1, 0.15) is 6.10 Å². The Morgan fingerprint density at radius 1 is 0.743 bits per heavy atom. The third-order valence-electron chi connectivity index (χ3n) is 8.01. The molecule has 206 valence electrons. The minimum absolute atomic E-state index is 0.000504. The Morgan fingerprint density at radius 2 is 1.31 bits per heavy atom. The number of carboxylic acid groups (broad SMARTS) is 1. The summed E-state index contributed by atoms with van der Waals surface area (Å²) in [6.07, 6.45) is 22.5. The van der Waals surface area contributed by atoms with E-state index in [1.54, 1.807) is 0 Å². The summed E-state index contributed by atoms with van der Waals surface area (Å²) in [4.78, 5) is 24.6. The van der Waals surface area contributed by atoms with Gasteiger partial charge in [0.15, 0.2) is 0 Å². The molecule has 1 aliphatic rings. The van der Waals surface area contributed by atoms with Gasteiger partial charge >= 0.3 is 11.9 Å². The van der Waals surface area contributed by atoms with Crippen LogP contribution in [0.4, 0.5) is 0 Å². The average molecular weight is 495 g/mol. The molecule has 1 saturated carbocycles. The molecule has 0 saturated heterocycles. The van der Waals surface area contributed by atoms with Gasteiger partial charge < -0.3 is 9.84 Å². The summed E-state index contributed by atoms with van der Waals surface area (Å²) in [5, 5.41) is 9.42. The van der Waals surface area contributed by atoms with Gasteiger partial charge in [0.05, 0.1) is 11.8 Å². The van der Waals surface area contributed by atoms with Crippen molar-refractivity contribution in [1.82, 2.24) is 0 Å². The van der Waals surface area contributed by atoms with Crippen LogP contribution in [0.1, 0.15) is 156 Å². The van der Waals surface area contributed by atoms with E-state index in [2.05, 4.69) is 27.7 Å². The fraction of sp³-hybridized carbons (Fsp3) is 0.935. The summed E-state index contributed by atoms with van der Waals surface area (Å²) in [5.74, 6) is -0.244. The molecular weight excluding hydrogens is 436 g/mol. The van der Waals surface area contributed by atoms with Crippen molar-refractivity contribution in [3.8, 4) is 0 Å². The van der Waals surface area contributed by atoms with E-state index in [1.165, 1.54) is 70.6 Å². The number of carboxylic acids is 1. The lowest BCUT2D eigenvalue weighted by Crippen LogP contribution is -2.33. The summed E-state index contributed by atoms with van der Waals surface area (Å²) in [5.41, 5.74) is 0. The first-order valence-electron chi connectivity index (χ1n) is 15.3. The Kier molecular flexibility index (Phi) is 18.3. The van der Waals surface area contributed by atoms with Crippen LogP contribution in [-0.4, -0.2) is 23.1 Å². The standard InChI is InChI=1S/C31H58O4/c1-5-7-14-20-26(18-6-2)29(23-16-13-11-9-8-10-12-15-19-25(3)4)35-31(34)28-22-17-21-27(24-28)30(32)33/h25-29H,5-24H2,1-4H3,(H,32,33). The molecule has 4 unspecified atom stereocenters. The van der Waals surface area contributed by atoms with Crippen LogP contribution in [0, 0.1) is 23.7 Å². The van der Waals surface area contributed by atoms with E-state index in [0.29, 0.717) is 18.8 Å². The highest BCUT2D eigenvalue weighted by Crippen LogP contribution is 2.32.